The molecule has 2 rings (SSSR count). The van der Waals surface area contributed by atoms with Gasteiger partial charge in [-0.05, 0) is 43.5 Å². The molecule has 142 valence electrons. The second-order valence-electron chi connectivity index (χ2n) is 6.69. The van der Waals surface area contributed by atoms with E-state index in [2.05, 4.69) is 43.0 Å². The highest BCUT2D eigenvalue weighted by Crippen LogP contribution is 2.15. The number of hydrogen-bond donors (Lipinski definition) is 3. The van der Waals surface area contributed by atoms with Crippen LogP contribution < -0.4 is 16.5 Å². The van der Waals surface area contributed by atoms with E-state index in [0.717, 1.165) is 24.2 Å². The standard InChI is InChI=1S/C21H32N4O/c1-3-24(4-2)19-12-10-18(11-13-19)15-25(23)16-21(26)20(22)14-17-8-6-5-7-9-17/h5-13,20-21,26H,3-4,14-16,22-23H2,1-2H3/t20-,21-/m0/s1. The van der Waals surface area contributed by atoms with Crippen LogP contribution in [0.2, 0.25) is 0 Å². The predicted octanol–water partition coefficient (Wildman–Crippen LogP) is 2.14. The van der Waals surface area contributed by atoms with Crippen LogP contribution in [0.5, 0.6) is 0 Å². The number of rotatable bonds is 10. The molecule has 0 heterocycles. The maximum Gasteiger partial charge on any atom is 0.0835 e. The van der Waals surface area contributed by atoms with E-state index >= 15 is 0 Å². The third-order valence-corrected chi connectivity index (χ3v) is 4.68. The van der Waals surface area contributed by atoms with Crippen LogP contribution in [0.1, 0.15) is 25.0 Å². The summed E-state index contributed by atoms with van der Waals surface area (Å²) in [5, 5.41) is 12.0. The van der Waals surface area contributed by atoms with Crippen LogP contribution in [0.3, 0.4) is 0 Å². The minimum Gasteiger partial charge on any atom is -0.390 e. The number of aliphatic hydroxyl groups is 1. The Kier molecular flexibility index (Phi) is 8.06. The first kappa shape index (κ1) is 20.4. The number of hydrazine groups is 1. The first-order valence-electron chi connectivity index (χ1n) is 9.34. The molecule has 0 aliphatic carbocycles. The summed E-state index contributed by atoms with van der Waals surface area (Å²) in [4.78, 5) is 2.30. The Morgan fingerprint density at radius 1 is 0.923 bits per heavy atom. The monoisotopic (exact) mass is 356 g/mol. The molecule has 2 atom stereocenters. The highest BCUT2D eigenvalue weighted by atomic mass is 16.3. The number of hydrogen-bond acceptors (Lipinski definition) is 5. The zero-order chi connectivity index (χ0) is 18.9. The van der Waals surface area contributed by atoms with Gasteiger partial charge < -0.3 is 15.7 Å². The highest BCUT2D eigenvalue weighted by Gasteiger charge is 2.17. The van der Waals surface area contributed by atoms with E-state index in [1.54, 1.807) is 5.01 Å². The van der Waals surface area contributed by atoms with Gasteiger partial charge in [-0.15, -0.1) is 0 Å². The molecule has 0 saturated carbocycles. The summed E-state index contributed by atoms with van der Waals surface area (Å²) in [6.45, 7) is 7.20. The molecule has 26 heavy (non-hydrogen) atoms. The van der Waals surface area contributed by atoms with Crippen molar-refractivity contribution in [3.05, 3.63) is 65.7 Å². The molecule has 5 nitrogen and oxygen atoms in total. The molecule has 2 aromatic rings. The molecule has 0 aromatic heterocycles. The molecule has 0 spiro atoms. The van der Waals surface area contributed by atoms with Crippen molar-refractivity contribution in [3.63, 3.8) is 0 Å². The average molecular weight is 357 g/mol. The van der Waals surface area contributed by atoms with E-state index in [0.29, 0.717) is 19.5 Å². The number of aliphatic hydroxyl groups excluding tert-OH is 1. The Morgan fingerprint density at radius 3 is 2.12 bits per heavy atom. The lowest BCUT2D eigenvalue weighted by atomic mass is 10.0. The van der Waals surface area contributed by atoms with Crippen LogP contribution in [-0.2, 0) is 13.0 Å². The Bertz CT molecular complexity index is 628. The van der Waals surface area contributed by atoms with Crippen molar-refractivity contribution in [1.82, 2.24) is 5.01 Å². The summed E-state index contributed by atoms with van der Waals surface area (Å²) >= 11 is 0. The van der Waals surface area contributed by atoms with Crippen molar-refractivity contribution in [2.24, 2.45) is 11.6 Å². The SMILES string of the molecule is CCN(CC)c1ccc(CN(N)C[C@H](O)[C@@H](N)Cc2ccccc2)cc1. The smallest absolute Gasteiger partial charge is 0.0835 e. The zero-order valence-corrected chi connectivity index (χ0v) is 15.9. The molecule has 0 aliphatic heterocycles. The van der Waals surface area contributed by atoms with Crippen molar-refractivity contribution in [2.45, 2.75) is 39.0 Å². The quantitative estimate of drug-likeness (QED) is 0.449. The maximum absolute atomic E-state index is 10.4. The van der Waals surface area contributed by atoms with Gasteiger partial charge in [0.1, 0.15) is 0 Å². The number of nitrogens with zero attached hydrogens (tertiary/aromatic N) is 2. The summed E-state index contributed by atoms with van der Waals surface area (Å²) in [5.74, 6) is 6.10. The molecular weight excluding hydrogens is 324 g/mol. The fraction of sp³-hybridized carbons (Fsp3) is 0.429. The van der Waals surface area contributed by atoms with Crippen LogP contribution in [0.25, 0.3) is 0 Å². The summed E-state index contributed by atoms with van der Waals surface area (Å²) < 4.78 is 0. The molecule has 0 amide bonds. The lowest BCUT2D eigenvalue weighted by molar-refractivity contribution is 0.0877. The van der Waals surface area contributed by atoms with E-state index in [-0.39, 0.29) is 6.04 Å². The highest BCUT2D eigenvalue weighted by molar-refractivity contribution is 5.47. The van der Waals surface area contributed by atoms with Gasteiger partial charge >= 0.3 is 0 Å². The largest absolute Gasteiger partial charge is 0.390 e. The predicted molar refractivity (Wildman–Crippen MR) is 109 cm³/mol. The van der Waals surface area contributed by atoms with Crippen molar-refractivity contribution in [3.8, 4) is 0 Å². The van der Waals surface area contributed by atoms with Crippen LogP contribution in [0, 0.1) is 0 Å². The second-order valence-corrected chi connectivity index (χ2v) is 6.69. The third-order valence-electron chi connectivity index (χ3n) is 4.68. The second kappa shape index (κ2) is 10.3. The summed E-state index contributed by atoms with van der Waals surface area (Å²) in [7, 11) is 0. The maximum atomic E-state index is 10.4. The molecular formula is C21H32N4O. The van der Waals surface area contributed by atoms with Crippen molar-refractivity contribution in [1.29, 1.82) is 0 Å². The van der Waals surface area contributed by atoms with Gasteiger partial charge in [-0.1, -0.05) is 42.5 Å². The molecule has 0 fully saturated rings. The molecule has 0 unspecified atom stereocenters. The Hall–Kier alpha value is -1.92. The lowest BCUT2D eigenvalue weighted by Gasteiger charge is -2.25. The molecule has 2 aromatic carbocycles. The molecule has 0 saturated heterocycles. The number of nitrogens with two attached hydrogens (primary N) is 2. The van der Waals surface area contributed by atoms with Gasteiger partial charge in [0.05, 0.1) is 6.10 Å². The van der Waals surface area contributed by atoms with Crippen LogP contribution in [0.15, 0.2) is 54.6 Å². The Balaban J connectivity index is 1.84. The van der Waals surface area contributed by atoms with Gasteiger partial charge in [0, 0.05) is 37.9 Å². The fourth-order valence-electron chi connectivity index (χ4n) is 3.10. The average Bonchev–Trinajstić information content (AvgIpc) is 2.64. The number of benzene rings is 2. The van der Waals surface area contributed by atoms with E-state index in [1.165, 1.54) is 5.69 Å². The minimum absolute atomic E-state index is 0.339. The van der Waals surface area contributed by atoms with E-state index in [4.69, 9.17) is 11.6 Å². The van der Waals surface area contributed by atoms with Crippen molar-refractivity contribution in [2.75, 3.05) is 24.5 Å². The third kappa shape index (κ3) is 6.11. The zero-order valence-electron chi connectivity index (χ0n) is 15.9. The summed E-state index contributed by atoms with van der Waals surface area (Å²) in [6, 6.07) is 18.0. The first-order valence-corrected chi connectivity index (χ1v) is 9.34. The lowest BCUT2D eigenvalue weighted by Crippen LogP contribution is -2.46. The van der Waals surface area contributed by atoms with Gasteiger partial charge in [-0.25, -0.2) is 5.01 Å². The molecule has 0 aliphatic rings. The molecule has 5 heteroatoms. The van der Waals surface area contributed by atoms with Crippen molar-refractivity contribution >= 4 is 5.69 Å². The van der Waals surface area contributed by atoms with Crippen LogP contribution in [-0.4, -0.2) is 41.9 Å². The van der Waals surface area contributed by atoms with Gasteiger partial charge in [0.25, 0.3) is 0 Å². The fourth-order valence-corrected chi connectivity index (χ4v) is 3.10. The summed E-state index contributed by atoms with van der Waals surface area (Å²) in [5.41, 5.74) is 9.59. The molecule has 5 N–H and O–H groups in total. The van der Waals surface area contributed by atoms with Gasteiger partial charge in [-0.3, -0.25) is 5.84 Å². The molecule has 0 bridgehead atoms. The Morgan fingerprint density at radius 2 is 1.54 bits per heavy atom. The first-order chi connectivity index (χ1) is 12.5. The normalized spacial score (nSPS) is 13.6. The minimum atomic E-state index is -0.671. The van der Waals surface area contributed by atoms with E-state index in [9.17, 15) is 5.11 Å². The van der Waals surface area contributed by atoms with Gasteiger partial charge in [0.15, 0.2) is 0 Å². The topological polar surface area (TPSA) is 78.8 Å². The number of anilines is 1. The van der Waals surface area contributed by atoms with Gasteiger partial charge in [-0.2, -0.15) is 0 Å². The van der Waals surface area contributed by atoms with Crippen LogP contribution in [0.4, 0.5) is 5.69 Å². The van der Waals surface area contributed by atoms with E-state index < -0.39 is 6.10 Å². The molecule has 0 radical (unpaired) electrons. The Labute approximate surface area is 157 Å². The van der Waals surface area contributed by atoms with Crippen LogP contribution >= 0.6 is 0 Å². The summed E-state index contributed by atoms with van der Waals surface area (Å²) in [6.07, 6.45) is -0.0378. The van der Waals surface area contributed by atoms with Gasteiger partial charge in [0.2, 0.25) is 0 Å². The van der Waals surface area contributed by atoms with E-state index in [1.807, 2.05) is 30.3 Å². The van der Waals surface area contributed by atoms with Crippen molar-refractivity contribution < 1.29 is 5.11 Å².